The van der Waals surface area contributed by atoms with E-state index in [1.807, 2.05) is 12.1 Å². The van der Waals surface area contributed by atoms with Gasteiger partial charge in [-0.3, -0.25) is 4.79 Å². The van der Waals surface area contributed by atoms with Gasteiger partial charge >= 0.3 is 0 Å². The predicted octanol–water partition coefficient (Wildman–Crippen LogP) is -0.645. The Balaban J connectivity index is 1.44. The number of morpholine rings is 1. The third-order valence-electron chi connectivity index (χ3n) is 5.28. The molecular formula is C19H31N3O2+2. The summed E-state index contributed by atoms with van der Waals surface area (Å²) in [5.41, 5.74) is 2.23. The predicted molar refractivity (Wildman–Crippen MR) is 94.3 cm³/mol. The molecule has 5 nitrogen and oxygen atoms in total. The lowest BCUT2D eigenvalue weighted by Crippen LogP contribution is -3.14. The van der Waals surface area contributed by atoms with Crippen molar-refractivity contribution in [3.8, 4) is 0 Å². The summed E-state index contributed by atoms with van der Waals surface area (Å²) in [7, 11) is 0. The van der Waals surface area contributed by atoms with E-state index in [9.17, 15) is 4.79 Å². The van der Waals surface area contributed by atoms with Gasteiger partial charge in [-0.2, -0.15) is 0 Å². The Bertz CT molecular complexity index is 518. The Morgan fingerprint density at radius 1 is 1.08 bits per heavy atom. The van der Waals surface area contributed by atoms with E-state index < -0.39 is 0 Å². The standard InChI is InChI=1S/C19H29N3O2/c1-16-6-8-21(9-7-16)15-19(23)20-18-4-2-17(3-5-18)14-22-10-12-24-13-11-22/h2-5,16H,6-15H2,1H3,(H,20,23)/p+2. The van der Waals surface area contributed by atoms with Crippen molar-refractivity contribution in [2.45, 2.75) is 26.3 Å². The van der Waals surface area contributed by atoms with Crippen molar-refractivity contribution in [2.24, 2.45) is 5.92 Å². The summed E-state index contributed by atoms with van der Waals surface area (Å²) in [6, 6.07) is 8.32. The van der Waals surface area contributed by atoms with Gasteiger partial charge in [-0.15, -0.1) is 0 Å². The minimum Gasteiger partial charge on any atom is -0.370 e. The van der Waals surface area contributed by atoms with Gasteiger partial charge in [0.2, 0.25) is 0 Å². The number of carbonyl (C=O) groups excluding carboxylic acids is 1. The van der Waals surface area contributed by atoms with Crippen LogP contribution in [0.2, 0.25) is 0 Å². The smallest absolute Gasteiger partial charge is 0.279 e. The van der Waals surface area contributed by atoms with Crippen molar-refractivity contribution in [3.63, 3.8) is 0 Å². The molecule has 24 heavy (non-hydrogen) atoms. The minimum absolute atomic E-state index is 0.131. The second kappa shape index (κ2) is 8.60. The van der Waals surface area contributed by atoms with E-state index in [2.05, 4.69) is 24.4 Å². The van der Waals surface area contributed by atoms with E-state index in [1.54, 1.807) is 4.90 Å². The number of hydrogen-bond donors (Lipinski definition) is 3. The number of anilines is 1. The molecule has 2 aliphatic rings. The fourth-order valence-electron chi connectivity index (χ4n) is 3.61. The summed E-state index contributed by atoms with van der Waals surface area (Å²) in [6.45, 7) is 10.1. The van der Waals surface area contributed by atoms with Crippen LogP contribution in [0.5, 0.6) is 0 Å². The highest BCUT2D eigenvalue weighted by atomic mass is 16.5. The maximum atomic E-state index is 12.2. The summed E-state index contributed by atoms with van der Waals surface area (Å²) < 4.78 is 5.40. The van der Waals surface area contributed by atoms with E-state index in [0.717, 1.165) is 57.5 Å². The number of piperidine rings is 1. The fraction of sp³-hybridized carbons (Fsp3) is 0.632. The Kier molecular flexibility index (Phi) is 6.24. The van der Waals surface area contributed by atoms with E-state index in [0.29, 0.717) is 6.54 Å². The maximum absolute atomic E-state index is 12.2. The summed E-state index contributed by atoms with van der Waals surface area (Å²) >= 11 is 0. The first-order chi connectivity index (χ1) is 11.7. The normalized spacial score (nSPS) is 25.4. The van der Waals surface area contributed by atoms with Crippen LogP contribution in [0.4, 0.5) is 5.69 Å². The number of ether oxygens (including phenoxy) is 1. The third-order valence-corrected chi connectivity index (χ3v) is 5.28. The number of carbonyl (C=O) groups is 1. The Labute approximate surface area is 145 Å². The van der Waals surface area contributed by atoms with Gasteiger partial charge in [0.15, 0.2) is 6.54 Å². The maximum Gasteiger partial charge on any atom is 0.279 e. The van der Waals surface area contributed by atoms with Gasteiger partial charge in [0.25, 0.3) is 5.91 Å². The molecule has 2 fully saturated rings. The molecular weight excluding hydrogens is 302 g/mol. The molecule has 0 saturated carbocycles. The monoisotopic (exact) mass is 333 g/mol. The van der Waals surface area contributed by atoms with Crippen LogP contribution in [0.1, 0.15) is 25.3 Å². The zero-order valence-corrected chi connectivity index (χ0v) is 14.8. The van der Waals surface area contributed by atoms with E-state index in [1.165, 1.54) is 23.3 Å². The van der Waals surface area contributed by atoms with Crippen LogP contribution in [0, 0.1) is 5.92 Å². The molecule has 0 unspecified atom stereocenters. The van der Waals surface area contributed by atoms with Crippen LogP contribution in [0.25, 0.3) is 0 Å². The molecule has 0 aromatic heterocycles. The summed E-state index contributed by atoms with van der Waals surface area (Å²) in [6.07, 6.45) is 2.47. The molecule has 5 heteroatoms. The molecule has 3 N–H and O–H groups in total. The number of amides is 1. The first-order valence-electron chi connectivity index (χ1n) is 9.33. The molecule has 3 rings (SSSR count). The first-order valence-corrected chi connectivity index (χ1v) is 9.33. The van der Waals surface area contributed by atoms with Crippen LogP contribution < -0.4 is 15.1 Å². The number of likely N-dealkylation sites (tertiary alicyclic amines) is 1. The number of quaternary nitrogens is 2. The highest BCUT2D eigenvalue weighted by Crippen LogP contribution is 2.09. The average molecular weight is 333 g/mol. The first kappa shape index (κ1) is 17.4. The molecule has 0 bridgehead atoms. The van der Waals surface area contributed by atoms with Crippen molar-refractivity contribution >= 4 is 11.6 Å². The fourth-order valence-corrected chi connectivity index (χ4v) is 3.61. The van der Waals surface area contributed by atoms with Gasteiger partial charge in [-0.05, 0) is 30.9 Å². The SMILES string of the molecule is CC1CC[NH+](CC(=O)Nc2ccc(C[NH+]3CCOCC3)cc2)CC1. The van der Waals surface area contributed by atoms with Crippen molar-refractivity contribution < 1.29 is 19.3 Å². The second-order valence-electron chi connectivity index (χ2n) is 7.39. The molecule has 132 valence electrons. The number of hydrogen-bond acceptors (Lipinski definition) is 2. The number of rotatable bonds is 5. The van der Waals surface area contributed by atoms with Crippen molar-refractivity contribution in [1.82, 2.24) is 0 Å². The molecule has 2 heterocycles. The van der Waals surface area contributed by atoms with Gasteiger partial charge in [-0.1, -0.05) is 19.1 Å². The number of nitrogens with one attached hydrogen (secondary N) is 3. The molecule has 1 aromatic rings. The highest BCUT2D eigenvalue weighted by Gasteiger charge is 2.21. The molecule has 2 saturated heterocycles. The highest BCUT2D eigenvalue weighted by molar-refractivity contribution is 5.91. The van der Waals surface area contributed by atoms with Crippen LogP contribution >= 0.6 is 0 Å². The molecule has 0 radical (unpaired) electrons. The van der Waals surface area contributed by atoms with Crippen LogP contribution in [0.3, 0.4) is 0 Å². The zero-order valence-electron chi connectivity index (χ0n) is 14.8. The van der Waals surface area contributed by atoms with Gasteiger partial charge in [0.05, 0.1) is 26.3 Å². The van der Waals surface area contributed by atoms with Gasteiger partial charge < -0.3 is 19.9 Å². The summed E-state index contributed by atoms with van der Waals surface area (Å²) in [5.74, 6) is 0.948. The quantitative estimate of drug-likeness (QED) is 0.671. The van der Waals surface area contributed by atoms with Crippen LogP contribution in [0.15, 0.2) is 24.3 Å². The van der Waals surface area contributed by atoms with Crippen molar-refractivity contribution in [3.05, 3.63) is 29.8 Å². The van der Waals surface area contributed by atoms with Crippen LogP contribution in [-0.2, 0) is 16.1 Å². The second-order valence-corrected chi connectivity index (χ2v) is 7.39. The van der Waals surface area contributed by atoms with Crippen LogP contribution in [-0.4, -0.2) is 51.8 Å². The van der Waals surface area contributed by atoms with Gasteiger partial charge in [-0.25, -0.2) is 0 Å². The minimum atomic E-state index is 0.131. The molecule has 0 aliphatic carbocycles. The summed E-state index contributed by atoms with van der Waals surface area (Å²) in [4.78, 5) is 15.2. The van der Waals surface area contributed by atoms with E-state index in [-0.39, 0.29) is 5.91 Å². The Morgan fingerprint density at radius 2 is 1.75 bits per heavy atom. The lowest BCUT2D eigenvalue weighted by Gasteiger charge is -2.26. The lowest BCUT2D eigenvalue weighted by atomic mass is 9.99. The Hall–Kier alpha value is -1.43. The third kappa shape index (κ3) is 5.30. The molecule has 0 spiro atoms. The molecule has 1 amide bonds. The Morgan fingerprint density at radius 3 is 2.42 bits per heavy atom. The lowest BCUT2D eigenvalue weighted by molar-refractivity contribution is -0.921. The van der Waals surface area contributed by atoms with Gasteiger partial charge in [0, 0.05) is 11.3 Å². The average Bonchev–Trinajstić information content (AvgIpc) is 2.60. The summed E-state index contributed by atoms with van der Waals surface area (Å²) in [5, 5.41) is 3.04. The van der Waals surface area contributed by atoms with E-state index in [4.69, 9.17) is 4.74 Å². The topological polar surface area (TPSA) is 47.2 Å². The van der Waals surface area contributed by atoms with Gasteiger partial charge in [0.1, 0.15) is 19.6 Å². The van der Waals surface area contributed by atoms with E-state index >= 15 is 0 Å². The zero-order chi connectivity index (χ0) is 16.8. The molecule has 0 atom stereocenters. The largest absolute Gasteiger partial charge is 0.370 e. The van der Waals surface area contributed by atoms with Crippen molar-refractivity contribution in [2.75, 3.05) is 51.3 Å². The van der Waals surface area contributed by atoms with Crippen molar-refractivity contribution in [1.29, 1.82) is 0 Å². The molecule has 1 aromatic carbocycles. The number of benzene rings is 1. The molecule has 2 aliphatic heterocycles.